The third-order valence-corrected chi connectivity index (χ3v) is 5.29. The summed E-state index contributed by atoms with van der Waals surface area (Å²) in [5.41, 5.74) is 5.76. The molecule has 1 aliphatic carbocycles. The van der Waals surface area contributed by atoms with E-state index in [-0.39, 0.29) is 6.04 Å². The molecule has 0 aromatic carbocycles. The molecule has 1 aliphatic rings. The van der Waals surface area contributed by atoms with Gasteiger partial charge in [0.15, 0.2) is 0 Å². The van der Waals surface area contributed by atoms with Crippen LogP contribution in [0.2, 0.25) is 0 Å². The fourth-order valence-corrected chi connectivity index (χ4v) is 4.19. The Balaban J connectivity index is 2.84. The van der Waals surface area contributed by atoms with Gasteiger partial charge in [-0.1, -0.05) is 26.7 Å². The third-order valence-electron chi connectivity index (χ3n) is 3.49. The van der Waals surface area contributed by atoms with Gasteiger partial charge in [0.25, 0.3) is 10.2 Å². The molecule has 0 aromatic heterocycles. The van der Waals surface area contributed by atoms with Gasteiger partial charge in [0.2, 0.25) is 0 Å². The first-order valence-electron chi connectivity index (χ1n) is 6.53. The second kappa shape index (κ2) is 6.68. The van der Waals surface area contributed by atoms with Gasteiger partial charge in [0.1, 0.15) is 0 Å². The quantitative estimate of drug-likeness (QED) is 0.740. The van der Waals surface area contributed by atoms with E-state index in [0.29, 0.717) is 25.6 Å². The lowest BCUT2D eigenvalue weighted by molar-refractivity contribution is 0.186. The van der Waals surface area contributed by atoms with E-state index in [4.69, 9.17) is 5.73 Å². The van der Waals surface area contributed by atoms with Gasteiger partial charge in [-0.05, 0) is 25.3 Å². The molecular weight excluding hydrogens is 238 g/mol. The molecular formula is C11H25N3O2S. The molecule has 2 unspecified atom stereocenters. The first-order chi connectivity index (χ1) is 8.06. The molecule has 0 aliphatic heterocycles. The first kappa shape index (κ1) is 14.9. The lowest BCUT2D eigenvalue weighted by atomic mass is 9.84. The van der Waals surface area contributed by atoms with Gasteiger partial charge in [0.05, 0.1) is 0 Å². The number of hydrogen-bond donors (Lipinski definition) is 2. The van der Waals surface area contributed by atoms with E-state index in [1.165, 1.54) is 0 Å². The van der Waals surface area contributed by atoms with Crippen LogP contribution < -0.4 is 10.5 Å². The van der Waals surface area contributed by atoms with Crippen molar-refractivity contribution in [2.24, 2.45) is 11.7 Å². The molecule has 0 spiro atoms. The SMILES string of the molecule is CCNS(=O)(=O)N(CC)C1CCCCC1CN. The summed E-state index contributed by atoms with van der Waals surface area (Å²) < 4.78 is 28.4. The second-order valence-electron chi connectivity index (χ2n) is 4.55. The lowest BCUT2D eigenvalue weighted by Crippen LogP contribution is -2.51. The number of hydrogen-bond acceptors (Lipinski definition) is 3. The van der Waals surface area contributed by atoms with Gasteiger partial charge in [-0.25, -0.2) is 4.72 Å². The summed E-state index contributed by atoms with van der Waals surface area (Å²) in [7, 11) is -3.34. The van der Waals surface area contributed by atoms with Crippen LogP contribution in [-0.2, 0) is 10.2 Å². The number of nitrogens with one attached hydrogen (secondary N) is 1. The summed E-state index contributed by atoms with van der Waals surface area (Å²) in [5.74, 6) is 0.303. The first-order valence-corrected chi connectivity index (χ1v) is 7.97. The Morgan fingerprint density at radius 2 is 1.94 bits per heavy atom. The highest BCUT2D eigenvalue weighted by Gasteiger charge is 2.34. The van der Waals surface area contributed by atoms with Crippen LogP contribution in [0.1, 0.15) is 39.5 Å². The van der Waals surface area contributed by atoms with E-state index in [1.807, 2.05) is 6.92 Å². The zero-order valence-electron chi connectivity index (χ0n) is 10.9. The van der Waals surface area contributed by atoms with Crippen molar-refractivity contribution in [1.29, 1.82) is 0 Å². The monoisotopic (exact) mass is 263 g/mol. The molecule has 102 valence electrons. The summed E-state index contributed by atoms with van der Waals surface area (Å²) in [6, 6.07) is 0.0720. The van der Waals surface area contributed by atoms with Gasteiger partial charge < -0.3 is 5.73 Å². The highest BCUT2D eigenvalue weighted by molar-refractivity contribution is 7.87. The maximum atomic E-state index is 12.1. The van der Waals surface area contributed by atoms with Crippen LogP contribution >= 0.6 is 0 Å². The van der Waals surface area contributed by atoms with E-state index < -0.39 is 10.2 Å². The van der Waals surface area contributed by atoms with Crippen LogP contribution in [0.25, 0.3) is 0 Å². The lowest BCUT2D eigenvalue weighted by Gasteiger charge is -2.38. The second-order valence-corrected chi connectivity index (χ2v) is 6.26. The Labute approximate surface area is 105 Å². The maximum absolute atomic E-state index is 12.1. The van der Waals surface area contributed by atoms with Gasteiger partial charge in [-0.3, -0.25) is 0 Å². The highest BCUT2D eigenvalue weighted by atomic mass is 32.2. The van der Waals surface area contributed by atoms with Crippen LogP contribution in [0.5, 0.6) is 0 Å². The topological polar surface area (TPSA) is 75.4 Å². The summed E-state index contributed by atoms with van der Waals surface area (Å²) >= 11 is 0. The molecule has 0 amide bonds. The number of nitrogens with two attached hydrogens (primary N) is 1. The largest absolute Gasteiger partial charge is 0.330 e. The van der Waals surface area contributed by atoms with Gasteiger partial charge in [0, 0.05) is 19.1 Å². The Morgan fingerprint density at radius 1 is 1.29 bits per heavy atom. The van der Waals surface area contributed by atoms with Gasteiger partial charge in [-0.2, -0.15) is 12.7 Å². The molecule has 1 saturated carbocycles. The minimum absolute atomic E-state index is 0.0720. The minimum atomic E-state index is -3.34. The molecule has 17 heavy (non-hydrogen) atoms. The van der Waals surface area contributed by atoms with Crippen molar-refractivity contribution in [1.82, 2.24) is 9.03 Å². The Bertz CT molecular complexity index is 319. The average molecular weight is 263 g/mol. The molecule has 6 heteroatoms. The highest BCUT2D eigenvalue weighted by Crippen LogP contribution is 2.29. The number of nitrogens with zero attached hydrogens (tertiary/aromatic N) is 1. The van der Waals surface area contributed by atoms with E-state index in [9.17, 15) is 8.42 Å². The summed E-state index contributed by atoms with van der Waals surface area (Å²) in [4.78, 5) is 0. The molecule has 0 saturated heterocycles. The van der Waals surface area contributed by atoms with Crippen molar-refractivity contribution in [3.05, 3.63) is 0 Å². The van der Waals surface area contributed by atoms with Crippen LogP contribution in [-0.4, -0.2) is 38.4 Å². The summed E-state index contributed by atoms with van der Waals surface area (Å²) in [5, 5.41) is 0. The van der Waals surface area contributed by atoms with Crippen molar-refractivity contribution in [2.45, 2.75) is 45.6 Å². The molecule has 0 heterocycles. The molecule has 1 rings (SSSR count). The van der Waals surface area contributed by atoms with Crippen molar-refractivity contribution in [3.8, 4) is 0 Å². The van der Waals surface area contributed by atoms with E-state index >= 15 is 0 Å². The molecule has 0 aromatic rings. The summed E-state index contributed by atoms with van der Waals surface area (Å²) in [6.45, 7) is 5.20. The Morgan fingerprint density at radius 3 is 2.47 bits per heavy atom. The molecule has 5 nitrogen and oxygen atoms in total. The van der Waals surface area contributed by atoms with Crippen LogP contribution in [0.4, 0.5) is 0 Å². The van der Waals surface area contributed by atoms with E-state index in [0.717, 1.165) is 25.7 Å². The minimum Gasteiger partial charge on any atom is -0.330 e. The molecule has 0 bridgehead atoms. The zero-order chi connectivity index (χ0) is 12.9. The maximum Gasteiger partial charge on any atom is 0.279 e. The smallest absolute Gasteiger partial charge is 0.279 e. The van der Waals surface area contributed by atoms with Crippen LogP contribution in [0, 0.1) is 5.92 Å². The standard InChI is InChI=1S/C11H25N3O2S/c1-3-13-17(15,16)14(4-2)11-8-6-5-7-10(11)9-12/h10-11,13H,3-9,12H2,1-2H3. The Kier molecular flexibility index (Phi) is 5.85. The predicted octanol–water partition coefficient (Wildman–Crippen LogP) is 0.680. The molecule has 0 radical (unpaired) electrons. The van der Waals surface area contributed by atoms with Crippen molar-refractivity contribution in [3.63, 3.8) is 0 Å². The van der Waals surface area contributed by atoms with Crippen molar-refractivity contribution < 1.29 is 8.42 Å². The molecule has 3 N–H and O–H groups in total. The average Bonchev–Trinajstić information content (AvgIpc) is 2.30. The van der Waals surface area contributed by atoms with E-state index in [1.54, 1.807) is 11.2 Å². The van der Waals surface area contributed by atoms with Crippen LogP contribution in [0.15, 0.2) is 0 Å². The van der Waals surface area contributed by atoms with Crippen LogP contribution in [0.3, 0.4) is 0 Å². The normalized spacial score (nSPS) is 26.4. The van der Waals surface area contributed by atoms with Gasteiger partial charge in [-0.15, -0.1) is 0 Å². The van der Waals surface area contributed by atoms with E-state index in [2.05, 4.69) is 4.72 Å². The van der Waals surface area contributed by atoms with Crippen molar-refractivity contribution >= 4 is 10.2 Å². The fourth-order valence-electron chi connectivity index (χ4n) is 2.69. The Hall–Kier alpha value is -0.170. The predicted molar refractivity (Wildman–Crippen MR) is 69.8 cm³/mol. The zero-order valence-corrected chi connectivity index (χ0v) is 11.7. The molecule has 1 fully saturated rings. The third kappa shape index (κ3) is 3.64. The molecule has 2 atom stereocenters. The fraction of sp³-hybridized carbons (Fsp3) is 1.00. The number of rotatable bonds is 6. The van der Waals surface area contributed by atoms with Crippen molar-refractivity contribution in [2.75, 3.05) is 19.6 Å². The van der Waals surface area contributed by atoms with Gasteiger partial charge >= 0.3 is 0 Å². The summed E-state index contributed by atoms with van der Waals surface area (Å²) in [6.07, 6.45) is 4.23.